The summed E-state index contributed by atoms with van der Waals surface area (Å²) in [7, 11) is 1.44. The number of carbonyl (C=O) groups is 3. The lowest BCUT2D eigenvalue weighted by molar-refractivity contribution is -0.150. The molecule has 182 valence electrons. The summed E-state index contributed by atoms with van der Waals surface area (Å²) in [5, 5.41) is 0. The van der Waals surface area contributed by atoms with E-state index in [9.17, 15) is 14.4 Å². The van der Waals surface area contributed by atoms with Gasteiger partial charge in [-0.2, -0.15) is 0 Å². The van der Waals surface area contributed by atoms with Crippen LogP contribution in [0.15, 0.2) is 0 Å². The molecule has 0 spiro atoms. The molecule has 0 saturated heterocycles. The van der Waals surface area contributed by atoms with Gasteiger partial charge in [0, 0.05) is 12.8 Å². The van der Waals surface area contributed by atoms with Crippen LogP contribution in [0.1, 0.15) is 136 Å². The van der Waals surface area contributed by atoms with Gasteiger partial charge in [0.1, 0.15) is 11.9 Å². The molecule has 0 heterocycles. The molecule has 0 aliphatic rings. The van der Waals surface area contributed by atoms with Gasteiger partial charge in [-0.15, -0.1) is 0 Å². The zero-order chi connectivity index (χ0) is 23.2. The average molecular weight is 441 g/mol. The summed E-state index contributed by atoms with van der Waals surface area (Å²) in [6.07, 6.45) is 19.5. The topological polar surface area (TPSA) is 69.7 Å². The van der Waals surface area contributed by atoms with Gasteiger partial charge in [0.25, 0.3) is 0 Å². The van der Waals surface area contributed by atoms with Crippen molar-refractivity contribution >= 4 is 17.7 Å². The summed E-state index contributed by atoms with van der Waals surface area (Å²) >= 11 is 0. The maximum atomic E-state index is 12.0. The number of Topliss-reactive ketones (excluding diaryl/α,β-unsaturated/α-hetero) is 1. The Balaban J connectivity index is 3.78. The van der Waals surface area contributed by atoms with Gasteiger partial charge in [-0.3, -0.25) is 9.59 Å². The molecule has 0 aromatic carbocycles. The van der Waals surface area contributed by atoms with Crippen LogP contribution in [-0.4, -0.2) is 30.9 Å². The lowest BCUT2D eigenvalue weighted by Gasteiger charge is -2.18. The number of ketones is 1. The molecule has 0 aliphatic heterocycles. The Kier molecular flexibility index (Phi) is 20.8. The van der Waals surface area contributed by atoms with Crippen LogP contribution < -0.4 is 0 Å². The molecule has 0 radical (unpaired) electrons. The number of hydrogen-bond donors (Lipinski definition) is 0. The fourth-order valence-electron chi connectivity index (χ4n) is 3.74. The second-order valence-corrected chi connectivity index (χ2v) is 8.81. The fourth-order valence-corrected chi connectivity index (χ4v) is 3.74. The van der Waals surface area contributed by atoms with Gasteiger partial charge in [-0.25, -0.2) is 0 Å². The number of esters is 2. The summed E-state index contributed by atoms with van der Waals surface area (Å²) < 4.78 is 10.3. The van der Waals surface area contributed by atoms with Crippen LogP contribution >= 0.6 is 0 Å². The van der Waals surface area contributed by atoms with Crippen LogP contribution in [0.2, 0.25) is 0 Å². The average Bonchev–Trinajstić information content (AvgIpc) is 2.75. The predicted molar refractivity (Wildman–Crippen MR) is 126 cm³/mol. The molecule has 0 aromatic rings. The highest BCUT2D eigenvalue weighted by Crippen LogP contribution is 2.18. The standard InChI is InChI=1S/C26H48O5/c1-4-5-6-15-18-24(31-26(29)22-21-23(2)27)19-16-13-11-9-7-8-10-12-14-17-20-25(28)30-3/h24H,4-22H2,1-3H3. The first kappa shape index (κ1) is 29.6. The predicted octanol–water partition coefficient (Wildman–Crippen LogP) is 7.09. The summed E-state index contributed by atoms with van der Waals surface area (Å²) in [5.41, 5.74) is 0. The van der Waals surface area contributed by atoms with E-state index in [0.29, 0.717) is 6.42 Å². The van der Waals surface area contributed by atoms with E-state index in [-0.39, 0.29) is 36.7 Å². The molecule has 0 saturated carbocycles. The maximum Gasteiger partial charge on any atom is 0.306 e. The van der Waals surface area contributed by atoms with Crippen LogP contribution in [0, 0.1) is 0 Å². The molecule has 31 heavy (non-hydrogen) atoms. The third-order valence-electron chi connectivity index (χ3n) is 5.74. The molecule has 0 bridgehead atoms. The fraction of sp³-hybridized carbons (Fsp3) is 0.885. The van der Waals surface area contributed by atoms with Crippen LogP contribution in [0.3, 0.4) is 0 Å². The van der Waals surface area contributed by atoms with Crippen LogP contribution in [0.4, 0.5) is 0 Å². The van der Waals surface area contributed by atoms with Crippen molar-refractivity contribution in [2.75, 3.05) is 7.11 Å². The van der Waals surface area contributed by atoms with E-state index in [2.05, 4.69) is 11.7 Å². The van der Waals surface area contributed by atoms with Gasteiger partial charge in [-0.05, 0) is 39.0 Å². The Labute approximate surface area is 191 Å². The Morgan fingerprint density at radius 3 is 1.58 bits per heavy atom. The zero-order valence-corrected chi connectivity index (χ0v) is 20.6. The molecule has 1 unspecified atom stereocenters. The van der Waals surface area contributed by atoms with Gasteiger partial charge in [0.05, 0.1) is 13.5 Å². The minimum atomic E-state index is -0.220. The van der Waals surface area contributed by atoms with E-state index >= 15 is 0 Å². The first-order chi connectivity index (χ1) is 15.0. The zero-order valence-electron chi connectivity index (χ0n) is 20.6. The van der Waals surface area contributed by atoms with E-state index in [1.54, 1.807) is 0 Å². The van der Waals surface area contributed by atoms with E-state index < -0.39 is 0 Å². The van der Waals surface area contributed by atoms with Gasteiger partial charge in [0.2, 0.25) is 0 Å². The van der Waals surface area contributed by atoms with Gasteiger partial charge < -0.3 is 14.3 Å². The normalized spacial score (nSPS) is 11.8. The number of methoxy groups -OCH3 is 1. The quantitative estimate of drug-likeness (QED) is 0.133. The smallest absolute Gasteiger partial charge is 0.306 e. The lowest BCUT2D eigenvalue weighted by atomic mass is 10.0. The minimum Gasteiger partial charge on any atom is -0.469 e. The Hall–Kier alpha value is -1.39. The molecule has 0 aromatic heterocycles. The number of ether oxygens (including phenoxy) is 2. The third kappa shape index (κ3) is 21.6. The van der Waals surface area contributed by atoms with Crippen LogP contribution in [-0.2, 0) is 23.9 Å². The molecule has 0 amide bonds. The van der Waals surface area contributed by atoms with E-state index in [4.69, 9.17) is 4.74 Å². The van der Waals surface area contributed by atoms with Gasteiger partial charge in [-0.1, -0.05) is 77.6 Å². The molecule has 5 heteroatoms. The molecule has 0 rings (SSSR count). The van der Waals surface area contributed by atoms with Crippen molar-refractivity contribution in [3.8, 4) is 0 Å². The van der Waals surface area contributed by atoms with Crippen LogP contribution in [0.25, 0.3) is 0 Å². The SMILES string of the molecule is CCCCCCC(CCCCCCCCCCCCC(=O)OC)OC(=O)CCC(C)=O. The van der Waals surface area contributed by atoms with E-state index in [0.717, 1.165) is 38.5 Å². The molecular weight excluding hydrogens is 392 g/mol. The first-order valence-electron chi connectivity index (χ1n) is 12.7. The Morgan fingerprint density at radius 2 is 1.10 bits per heavy atom. The molecule has 0 fully saturated rings. The van der Waals surface area contributed by atoms with Crippen molar-refractivity contribution < 1.29 is 23.9 Å². The largest absolute Gasteiger partial charge is 0.469 e. The number of carbonyl (C=O) groups excluding carboxylic acids is 3. The van der Waals surface area contributed by atoms with Gasteiger partial charge in [0.15, 0.2) is 0 Å². The Bertz CT molecular complexity index is 461. The highest BCUT2D eigenvalue weighted by atomic mass is 16.5. The highest BCUT2D eigenvalue weighted by molar-refractivity contribution is 5.81. The summed E-state index contributed by atoms with van der Waals surface area (Å²) in [6.45, 7) is 3.71. The van der Waals surface area contributed by atoms with Crippen molar-refractivity contribution in [2.45, 2.75) is 142 Å². The number of hydrogen-bond acceptors (Lipinski definition) is 5. The van der Waals surface area contributed by atoms with Crippen molar-refractivity contribution in [3.05, 3.63) is 0 Å². The number of rotatable bonds is 22. The summed E-state index contributed by atoms with van der Waals surface area (Å²) in [5.74, 6) is -0.283. The molecule has 0 aliphatic carbocycles. The second kappa shape index (κ2) is 21.8. The van der Waals surface area contributed by atoms with Crippen molar-refractivity contribution in [1.82, 2.24) is 0 Å². The van der Waals surface area contributed by atoms with Crippen LogP contribution in [0.5, 0.6) is 0 Å². The maximum absolute atomic E-state index is 12.0. The minimum absolute atomic E-state index is 0.0151. The highest BCUT2D eigenvalue weighted by Gasteiger charge is 2.14. The summed E-state index contributed by atoms with van der Waals surface area (Å²) in [6, 6.07) is 0. The third-order valence-corrected chi connectivity index (χ3v) is 5.74. The molecular formula is C26H48O5. The van der Waals surface area contributed by atoms with E-state index in [1.165, 1.54) is 78.2 Å². The van der Waals surface area contributed by atoms with E-state index in [1.807, 2.05) is 0 Å². The lowest BCUT2D eigenvalue weighted by Crippen LogP contribution is -2.19. The van der Waals surface area contributed by atoms with Gasteiger partial charge >= 0.3 is 11.9 Å². The summed E-state index contributed by atoms with van der Waals surface area (Å²) in [4.78, 5) is 34.1. The molecule has 5 nitrogen and oxygen atoms in total. The monoisotopic (exact) mass is 440 g/mol. The van der Waals surface area contributed by atoms with Crippen molar-refractivity contribution in [3.63, 3.8) is 0 Å². The van der Waals surface area contributed by atoms with Crippen molar-refractivity contribution in [1.29, 1.82) is 0 Å². The number of unbranched alkanes of at least 4 members (excludes halogenated alkanes) is 12. The molecule has 1 atom stereocenters. The van der Waals surface area contributed by atoms with Crippen molar-refractivity contribution in [2.24, 2.45) is 0 Å². The Morgan fingerprint density at radius 1 is 0.613 bits per heavy atom. The first-order valence-corrected chi connectivity index (χ1v) is 12.7. The second-order valence-electron chi connectivity index (χ2n) is 8.81. The molecule has 0 N–H and O–H groups in total.